The number of nitrogens with zero attached hydrogens (tertiary/aromatic N) is 1. The van der Waals surface area contributed by atoms with Crippen LogP contribution in [0.2, 0.25) is 0 Å². The minimum Gasteiger partial charge on any atom is -0.352 e. The van der Waals surface area contributed by atoms with Crippen molar-refractivity contribution in [1.29, 1.82) is 0 Å². The Balaban J connectivity index is 2.01. The van der Waals surface area contributed by atoms with Crippen molar-refractivity contribution in [3.8, 4) is 0 Å². The van der Waals surface area contributed by atoms with Gasteiger partial charge in [0.05, 0.1) is 12.2 Å². The van der Waals surface area contributed by atoms with Gasteiger partial charge in [0.15, 0.2) is 0 Å². The molecule has 1 saturated heterocycles. The molecule has 0 radical (unpaired) electrons. The second kappa shape index (κ2) is 8.15. The van der Waals surface area contributed by atoms with Crippen LogP contribution in [0.5, 0.6) is 0 Å². The van der Waals surface area contributed by atoms with Gasteiger partial charge in [0.2, 0.25) is 15.9 Å². The predicted octanol–water partition coefficient (Wildman–Crippen LogP) is 1.21. The molecule has 2 rings (SSSR count). The molecule has 2 N–H and O–H groups in total. The summed E-state index contributed by atoms with van der Waals surface area (Å²) >= 11 is 0. The van der Waals surface area contributed by atoms with Crippen LogP contribution in [0.25, 0.3) is 0 Å². The number of benzene rings is 1. The molecule has 0 bridgehead atoms. The molecule has 1 aliphatic rings. The zero-order valence-corrected chi connectivity index (χ0v) is 15.0. The fourth-order valence-electron chi connectivity index (χ4n) is 2.77. The number of piperidine rings is 1. The van der Waals surface area contributed by atoms with Crippen molar-refractivity contribution >= 4 is 27.5 Å². The number of sulfonamides is 1. The molecule has 1 aromatic rings. The molecular weight excluding hydrogens is 342 g/mol. The van der Waals surface area contributed by atoms with Crippen molar-refractivity contribution in [3.05, 3.63) is 42.5 Å². The van der Waals surface area contributed by atoms with Crippen LogP contribution in [-0.2, 0) is 14.8 Å². The molecule has 1 aromatic carbocycles. The average molecular weight is 365 g/mol. The Kier molecular flexibility index (Phi) is 6.19. The Bertz CT molecular complexity index is 744. The minimum absolute atomic E-state index is 0.0647. The summed E-state index contributed by atoms with van der Waals surface area (Å²) in [6.07, 6.45) is 4.21. The standard InChI is InChI=1S/C17H23N3O4S/c1-3-10-18-16(21)14-5-4-11-20(12-14)17(22)13-6-8-15(9-7-13)19-25(2,23)24/h3,6-9,14,19H,1,4-5,10-12H2,2H3,(H,18,21). The molecule has 25 heavy (non-hydrogen) atoms. The molecule has 7 nitrogen and oxygen atoms in total. The van der Waals surface area contributed by atoms with Crippen LogP contribution >= 0.6 is 0 Å². The summed E-state index contributed by atoms with van der Waals surface area (Å²) in [5.74, 6) is -0.443. The highest BCUT2D eigenvalue weighted by atomic mass is 32.2. The predicted molar refractivity (Wildman–Crippen MR) is 96.7 cm³/mol. The summed E-state index contributed by atoms with van der Waals surface area (Å²) < 4.78 is 24.8. The van der Waals surface area contributed by atoms with Gasteiger partial charge in [0.25, 0.3) is 5.91 Å². The van der Waals surface area contributed by atoms with Gasteiger partial charge >= 0.3 is 0 Å². The molecule has 1 aliphatic heterocycles. The first-order valence-corrected chi connectivity index (χ1v) is 9.95. The van der Waals surface area contributed by atoms with Crippen LogP contribution in [0.1, 0.15) is 23.2 Å². The number of nitrogens with one attached hydrogen (secondary N) is 2. The zero-order valence-electron chi connectivity index (χ0n) is 14.2. The Morgan fingerprint density at radius 1 is 1.32 bits per heavy atom. The smallest absolute Gasteiger partial charge is 0.253 e. The number of anilines is 1. The topological polar surface area (TPSA) is 95.6 Å². The van der Waals surface area contributed by atoms with Gasteiger partial charge in [-0.3, -0.25) is 14.3 Å². The maximum Gasteiger partial charge on any atom is 0.253 e. The number of hydrogen-bond donors (Lipinski definition) is 2. The third kappa shape index (κ3) is 5.60. The van der Waals surface area contributed by atoms with Crippen LogP contribution in [0.15, 0.2) is 36.9 Å². The first-order chi connectivity index (χ1) is 11.8. The molecule has 0 spiro atoms. The summed E-state index contributed by atoms with van der Waals surface area (Å²) in [5, 5.41) is 2.77. The van der Waals surface area contributed by atoms with Crippen LogP contribution in [-0.4, -0.2) is 51.0 Å². The van der Waals surface area contributed by atoms with Crippen molar-refractivity contribution in [2.45, 2.75) is 12.8 Å². The van der Waals surface area contributed by atoms with E-state index in [1.807, 2.05) is 0 Å². The molecule has 1 fully saturated rings. The molecule has 0 saturated carbocycles. The van der Waals surface area contributed by atoms with E-state index in [4.69, 9.17) is 0 Å². The van der Waals surface area contributed by atoms with Crippen LogP contribution in [0.4, 0.5) is 5.69 Å². The molecule has 1 atom stereocenters. The van der Waals surface area contributed by atoms with Gasteiger partial charge in [-0.2, -0.15) is 0 Å². The zero-order chi connectivity index (χ0) is 18.4. The summed E-state index contributed by atoms with van der Waals surface area (Å²) in [4.78, 5) is 26.4. The molecule has 0 aliphatic carbocycles. The second-order valence-electron chi connectivity index (χ2n) is 6.08. The first-order valence-electron chi connectivity index (χ1n) is 8.06. The largest absolute Gasteiger partial charge is 0.352 e. The Labute approximate surface area is 148 Å². The van der Waals surface area contributed by atoms with E-state index in [0.717, 1.165) is 19.1 Å². The van der Waals surface area contributed by atoms with Gasteiger partial charge in [0, 0.05) is 30.9 Å². The lowest BCUT2D eigenvalue weighted by Gasteiger charge is -2.32. The van der Waals surface area contributed by atoms with Gasteiger partial charge in [-0.25, -0.2) is 8.42 Å². The van der Waals surface area contributed by atoms with Gasteiger partial charge in [-0.05, 0) is 37.1 Å². The summed E-state index contributed by atoms with van der Waals surface area (Å²) in [5.41, 5.74) is 0.866. The van der Waals surface area contributed by atoms with Crippen LogP contribution < -0.4 is 10.0 Å². The number of hydrogen-bond acceptors (Lipinski definition) is 4. The van der Waals surface area contributed by atoms with Gasteiger partial charge < -0.3 is 10.2 Å². The number of rotatable bonds is 6. The molecule has 1 heterocycles. The molecular formula is C17H23N3O4S. The number of carbonyl (C=O) groups is 2. The monoisotopic (exact) mass is 365 g/mol. The summed E-state index contributed by atoms with van der Waals surface area (Å²) in [6, 6.07) is 6.26. The van der Waals surface area contributed by atoms with E-state index in [1.54, 1.807) is 35.2 Å². The maximum absolute atomic E-state index is 12.6. The maximum atomic E-state index is 12.6. The van der Waals surface area contributed by atoms with Crippen LogP contribution in [0, 0.1) is 5.92 Å². The normalized spacial score (nSPS) is 17.6. The Morgan fingerprint density at radius 2 is 2.00 bits per heavy atom. The van der Waals surface area contributed by atoms with Crippen molar-refractivity contribution in [2.75, 3.05) is 30.6 Å². The minimum atomic E-state index is -3.35. The van der Waals surface area contributed by atoms with E-state index in [-0.39, 0.29) is 17.7 Å². The lowest BCUT2D eigenvalue weighted by atomic mass is 9.96. The van der Waals surface area contributed by atoms with E-state index in [9.17, 15) is 18.0 Å². The average Bonchev–Trinajstić information content (AvgIpc) is 2.58. The summed E-state index contributed by atoms with van der Waals surface area (Å²) in [6.45, 7) is 4.97. The number of amides is 2. The van der Waals surface area contributed by atoms with E-state index in [1.165, 1.54) is 0 Å². The summed E-state index contributed by atoms with van der Waals surface area (Å²) in [7, 11) is -3.35. The van der Waals surface area contributed by atoms with Gasteiger partial charge in [-0.1, -0.05) is 6.08 Å². The molecule has 0 aromatic heterocycles. The van der Waals surface area contributed by atoms with Gasteiger partial charge in [-0.15, -0.1) is 6.58 Å². The number of likely N-dealkylation sites (tertiary alicyclic amines) is 1. The lowest BCUT2D eigenvalue weighted by molar-refractivity contribution is -0.126. The number of carbonyl (C=O) groups excluding carboxylic acids is 2. The molecule has 2 amide bonds. The lowest BCUT2D eigenvalue weighted by Crippen LogP contribution is -2.45. The van der Waals surface area contributed by atoms with Crippen molar-refractivity contribution < 1.29 is 18.0 Å². The first kappa shape index (κ1) is 19.0. The molecule has 136 valence electrons. The second-order valence-corrected chi connectivity index (χ2v) is 7.82. The highest BCUT2D eigenvalue weighted by Crippen LogP contribution is 2.20. The van der Waals surface area contributed by atoms with Crippen LogP contribution in [0.3, 0.4) is 0 Å². The molecule has 1 unspecified atom stereocenters. The van der Waals surface area contributed by atoms with Crippen molar-refractivity contribution in [3.63, 3.8) is 0 Å². The quantitative estimate of drug-likeness (QED) is 0.741. The van der Waals surface area contributed by atoms with Crippen molar-refractivity contribution in [2.24, 2.45) is 5.92 Å². The van der Waals surface area contributed by atoms with E-state index in [2.05, 4.69) is 16.6 Å². The third-order valence-corrected chi connectivity index (χ3v) is 4.54. The van der Waals surface area contributed by atoms with E-state index < -0.39 is 10.0 Å². The highest BCUT2D eigenvalue weighted by Gasteiger charge is 2.28. The fourth-order valence-corrected chi connectivity index (χ4v) is 3.33. The molecule has 8 heteroatoms. The van der Waals surface area contributed by atoms with E-state index in [0.29, 0.717) is 30.9 Å². The van der Waals surface area contributed by atoms with Crippen molar-refractivity contribution in [1.82, 2.24) is 10.2 Å². The Hall–Kier alpha value is -2.35. The fraction of sp³-hybridized carbons (Fsp3) is 0.412. The van der Waals surface area contributed by atoms with Gasteiger partial charge in [0.1, 0.15) is 0 Å². The Morgan fingerprint density at radius 3 is 2.60 bits per heavy atom. The SMILES string of the molecule is C=CCNC(=O)C1CCCN(C(=O)c2ccc(NS(C)(=O)=O)cc2)C1. The van der Waals surface area contributed by atoms with E-state index >= 15 is 0 Å². The third-order valence-electron chi connectivity index (χ3n) is 3.94. The highest BCUT2D eigenvalue weighted by molar-refractivity contribution is 7.92.